The average molecular weight is 518 g/mol. The van der Waals surface area contributed by atoms with E-state index in [-0.39, 0.29) is 34.3 Å². The maximum Gasteiger partial charge on any atom is 0.247 e. The lowest BCUT2D eigenvalue weighted by atomic mass is 9.96. The van der Waals surface area contributed by atoms with Gasteiger partial charge >= 0.3 is 0 Å². The molecular weight excluding hydrogens is 502 g/mol. The summed E-state index contributed by atoms with van der Waals surface area (Å²) in [7, 11) is 0. The number of benzene rings is 2. The van der Waals surface area contributed by atoms with Gasteiger partial charge < -0.3 is 5.73 Å². The Morgan fingerprint density at radius 2 is 1.70 bits per heavy atom. The lowest BCUT2D eigenvalue weighted by Gasteiger charge is -2.16. The maximum absolute atomic E-state index is 13.1. The fraction of sp³-hybridized carbons (Fsp3) is 0.125. The SMILES string of the molecule is Cc1ccc(-c2c(C#N)c(N)nc(S[C@@H]3CC(=O)N(c4ccc(Br)cc4)C3=O)c2C#N)cc1. The molecule has 2 N–H and O–H groups in total. The molecule has 1 fully saturated rings. The lowest BCUT2D eigenvalue weighted by molar-refractivity contribution is -0.121. The molecule has 0 unspecified atom stereocenters. The van der Waals surface area contributed by atoms with Crippen LogP contribution in [0.25, 0.3) is 11.1 Å². The molecule has 0 radical (unpaired) electrons. The fourth-order valence-electron chi connectivity index (χ4n) is 3.58. The van der Waals surface area contributed by atoms with Crippen molar-refractivity contribution in [3.63, 3.8) is 0 Å². The van der Waals surface area contributed by atoms with Crippen LogP contribution in [-0.2, 0) is 9.59 Å². The first-order valence-electron chi connectivity index (χ1n) is 9.83. The standard InChI is InChI=1S/C24H16BrN5O2S/c1-13-2-4-14(5-3-13)21-17(11-26)22(28)29-23(18(21)12-27)33-19-10-20(31)30(24(19)32)16-8-6-15(25)7-9-16/h2-9,19H,10H2,1H3,(H2,28,29)/t19-/m1/s1. The number of nitrogens with two attached hydrogens (primary N) is 1. The van der Waals surface area contributed by atoms with E-state index in [0.29, 0.717) is 16.8 Å². The molecule has 33 heavy (non-hydrogen) atoms. The molecule has 1 aliphatic rings. The first-order chi connectivity index (χ1) is 15.8. The van der Waals surface area contributed by atoms with E-state index in [0.717, 1.165) is 26.7 Å². The van der Waals surface area contributed by atoms with E-state index in [4.69, 9.17) is 5.73 Å². The topological polar surface area (TPSA) is 124 Å². The summed E-state index contributed by atoms with van der Waals surface area (Å²) < 4.78 is 0.829. The number of aromatic nitrogens is 1. The predicted molar refractivity (Wildman–Crippen MR) is 129 cm³/mol. The van der Waals surface area contributed by atoms with Crippen molar-refractivity contribution < 1.29 is 9.59 Å². The van der Waals surface area contributed by atoms with Gasteiger partial charge in [-0.2, -0.15) is 10.5 Å². The van der Waals surface area contributed by atoms with E-state index in [2.05, 4.69) is 27.0 Å². The number of aryl methyl sites for hydroxylation is 1. The number of hydrogen-bond donors (Lipinski definition) is 1. The van der Waals surface area contributed by atoms with Gasteiger partial charge in [-0.1, -0.05) is 57.5 Å². The third-order valence-corrected chi connectivity index (χ3v) is 6.90. The van der Waals surface area contributed by atoms with Crippen LogP contribution in [0.2, 0.25) is 0 Å². The Bertz CT molecular complexity index is 1360. The third kappa shape index (κ3) is 4.21. The number of nitriles is 2. The van der Waals surface area contributed by atoms with Gasteiger partial charge in [0.1, 0.15) is 28.5 Å². The Hall–Kier alpha value is -3.66. The Labute approximate surface area is 203 Å². The number of nitrogens with zero attached hydrogens (tertiary/aromatic N) is 4. The molecule has 1 aliphatic heterocycles. The minimum absolute atomic E-state index is 0.0314. The number of amides is 2. The summed E-state index contributed by atoms with van der Waals surface area (Å²) in [5.41, 5.74) is 8.84. The first kappa shape index (κ1) is 22.5. The van der Waals surface area contributed by atoms with Crippen LogP contribution < -0.4 is 10.6 Å². The van der Waals surface area contributed by atoms with Crippen molar-refractivity contribution in [1.82, 2.24) is 4.98 Å². The molecular formula is C24H16BrN5O2S. The summed E-state index contributed by atoms with van der Waals surface area (Å²) in [6.45, 7) is 1.93. The van der Waals surface area contributed by atoms with Crippen molar-refractivity contribution in [2.24, 2.45) is 0 Å². The van der Waals surface area contributed by atoms with Crippen LogP contribution in [-0.4, -0.2) is 22.0 Å². The smallest absolute Gasteiger partial charge is 0.247 e. The van der Waals surface area contributed by atoms with Crippen molar-refractivity contribution in [3.05, 3.63) is 69.7 Å². The summed E-state index contributed by atoms with van der Waals surface area (Å²) in [6.07, 6.45) is -0.0358. The van der Waals surface area contributed by atoms with E-state index < -0.39 is 11.2 Å². The molecule has 3 aromatic rings. The highest BCUT2D eigenvalue weighted by molar-refractivity contribution is 9.10. The van der Waals surface area contributed by atoms with Crippen molar-refractivity contribution in [1.29, 1.82) is 10.5 Å². The first-order valence-corrected chi connectivity index (χ1v) is 11.5. The van der Waals surface area contributed by atoms with Crippen molar-refractivity contribution in [2.45, 2.75) is 23.6 Å². The van der Waals surface area contributed by atoms with Gasteiger partial charge in [0.05, 0.1) is 16.5 Å². The van der Waals surface area contributed by atoms with Crippen LogP contribution in [0.1, 0.15) is 23.1 Å². The lowest BCUT2D eigenvalue weighted by Crippen LogP contribution is -2.31. The van der Waals surface area contributed by atoms with Gasteiger partial charge in [0.2, 0.25) is 11.8 Å². The molecule has 4 rings (SSSR count). The second kappa shape index (κ2) is 9.07. The van der Waals surface area contributed by atoms with Crippen LogP contribution in [0.4, 0.5) is 11.5 Å². The summed E-state index contributed by atoms with van der Waals surface area (Å²) in [5.74, 6) is -0.757. The molecule has 0 aliphatic carbocycles. The molecule has 9 heteroatoms. The van der Waals surface area contributed by atoms with Crippen LogP contribution in [0.5, 0.6) is 0 Å². The van der Waals surface area contributed by atoms with Gasteiger partial charge in [0.15, 0.2) is 0 Å². The van der Waals surface area contributed by atoms with Crippen LogP contribution in [0.3, 0.4) is 0 Å². The number of carbonyl (C=O) groups is 2. The quantitative estimate of drug-likeness (QED) is 0.502. The molecule has 1 atom stereocenters. The van der Waals surface area contributed by atoms with E-state index in [9.17, 15) is 20.1 Å². The molecule has 7 nitrogen and oxygen atoms in total. The second-order valence-electron chi connectivity index (χ2n) is 7.37. The van der Waals surface area contributed by atoms with Crippen LogP contribution >= 0.6 is 27.7 Å². The van der Waals surface area contributed by atoms with Gasteiger partial charge in [0, 0.05) is 16.5 Å². The van der Waals surface area contributed by atoms with Gasteiger partial charge in [-0.05, 0) is 36.8 Å². The van der Waals surface area contributed by atoms with E-state index in [1.807, 2.05) is 25.1 Å². The number of imide groups is 1. The summed E-state index contributed by atoms with van der Waals surface area (Å²) in [6, 6.07) is 18.4. The molecule has 1 saturated heterocycles. The Morgan fingerprint density at radius 3 is 2.30 bits per heavy atom. The summed E-state index contributed by atoms with van der Waals surface area (Å²) in [5, 5.41) is 19.1. The zero-order valence-corrected chi connectivity index (χ0v) is 19.8. The molecule has 1 aromatic heterocycles. The molecule has 162 valence electrons. The zero-order chi connectivity index (χ0) is 23.7. The van der Waals surface area contributed by atoms with E-state index >= 15 is 0 Å². The van der Waals surface area contributed by atoms with Crippen LogP contribution in [0.15, 0.2) is 58.0 Å². The zero-order valence-electron chi connectivity index (χ0n) is 17.4. The maximum atomic E-state index is 13.1. The molecule has 2 aromatic carbocycles. The predicted octanol–water partition coefficient (Wildman–Crippen LogP) is 4.57. The van der Waals surface area contributed by atoms with Gasteiger partial charge in [-0.3, -0.25) is 9.59 Å². The van der Waals surface area contributed by atoms with Crippen molar-refractivity contribution in [3.8, 4) is 23.3 Å². The number of anilines is 2. The molecule has 0 spiro atoms. The van der Waals surface area contributed by atoms with Crippen LogP contribution in [0, 0.1) is 29.6 Å². The Morgan fingerprint density at radius 1 is 1.06 bits per heavy atom. The van der Waals surface area contributed by atoms with Gasteiger partial charge in [-0.25, -0.2) is 9.88 Å². The molecule has 0 saturated carbocycles. The van der Waals surface area contributed by atoms with Gasteiger partial charge in [0.25, 0.3) is 0 Å². The second-order valence-corrected chi connectivity index (χ2v) is 9.48. The minimum Gasteiger partial charge on any atom is -0.383 e. The normalized spacial score (nSPS) is 15.4. The highest BCUT2D eigenvalue weighted by atomic mass is 79.9. The third-order valence-electron chi connectivity index (χ3n) is 5.20. The molecule has 2 heterocycles. The number of nitrogen functional groups attached to an aromatic ring is 1. The Balaban J connectivity index is 1.74. The minimum atomic E-state index is -0.765. The highest BCUT2D eigenvalue weighted by Crippen LogP contribution is 2.40. The number of carbonyl (C=O) groups excluding carboxylic acids is 2. The number of halogens is 1. The average Bonchev–Trinajstić information content (AvgIpc) is 3.07. The van der Waals surface area contributed by atoms with Gasteiger partial charge in [-0.15, -0.1) is 0 Å². The number of thioether (sulfide) groups is 1. The fourth-order valence-corrected chi connectivity index (χ4v) is 4.97. The van der Waals surface area contributed by atoms with E-state index in [1.165, 1.54) is 0 Å². The highest BCUT2D eigenvalue weighted by Gasteiger charge is 2.41. The summed E-state index contributed by atoms with van der Waals surface area (Å²) >= 11 is 4.36. The summed E-state index contributed by atoms with van der Waals surface area (Å²) in [4.78, 5) is 31.1. The monoisotopic (exact) mass is 517 g/mol. The number of hydrogen-bond acceptors (Lipinski definition) is 7. The van der Waals surface area contributed by atoms with Crippen molar-refractivity contribution in [2.75, 3.05) is 10.6 Å². The Kier molecular flexibility index (Phi) is 6.19. The van der Waals surface area contributed by atoms with Crippen molar-refractivity contribution >= 4 is 51.0 Å². The number of pyridine rings is 1. The molecule has 0 bridgehead atoms. The number of rotatable bonds is 4. The molecule has 2 amide bonds. The largest absolute Gasteiger partial charge is 0.383 e. The van der Waals surface area contributed by atoms with E-state index in [1.54, 1.807) is 36.4 Å².